The van der Waals surface area contributed by atoms with Gasteiger partial charge >= 0.3 is 0 Å². The number of benzene rings is 1. The van der Waals surface area contributed by atoms with E-state index >= 15 is 0 Å². The molecule has 2 heterocycles. The summed E-state index contributed by atoms with van der Waals surface area (Å²) >= 11 is 1.42. The van der Waals surface area contributed by atoms with Crippen LogP contribution in [0.4, 0.5) is 5.13 Å². The third kappa shape index (κ3) is 7.12. The molecular formula is C24H34N4O3S. The van der Waals surface area contributed by atoms with Gasteiger partial charge < -0.3 is 15.0 Å². The summed E-state index contributed by atoms with van der Waals surface area (Å²) < 4.78 is 5.40. The van der Waals surface area contributed by atoms with E-state index in [1.54, 1.807) is 11.1 Å². The lowest BCUT2D eigenvalue weighted by Gasteiger charge is -2.28. The zero-order valence-corrected chi connectivity index (χ0v) is 20.3. The van der Waals surface area contributed by atoms with Gasteiger partial charge in [0, 0.05) is 42.8 Å². The Kier molecular flexibility index (Phi) is 8.39. The number of rotatable bonds is 8. The molecule has 0 bridgehead atoms. The zero-order valence-electron chi connectivity index (χ0n) is 19.5. The summed E-state index contributed by atoms with van der Waals surface area (Å²) in [6.07, 6.45) is 2.53. The van der Waals surface area contributed by atoms with Crippen LogP contribution in [0.5, 0.6) is 0 Å². The van der Waals surface area contributed by atoms with Gasteiger partial charge in [0.05, 0.1) is 13.2 Å². The Morgan fingerprint density at radius 1 is 1.19 bits per heavy atom. The number of anilines is 1. The monoisotopic (exact) mass is 458 g/mol. The van der Waals surface area contributed by atoms with E-state index in [1.165, 1.54) is 16.9 Å². The summed E-state index contributed by atoms with van der Waals surface area (Å²) in [4.78, 5) is 35.1. The van der Waals surface area contributed by atoms with Crippen molar-refractivity contribution in [2.75, 3.05) is 51.3 Å². The first-order valence-corrected chi connectivity index (χ1v) is 12.0. The van der Waals surface area contributed by atoms with Crippen LogP contribution in [-0.4, -0.2) is 72.5 Å². The molecule has 1 N–H and O–H groups in total. The number of thiazole rings is 1. The van der Waals surface area contributed by atoms with Crippen LogP contribution < -0.4 is 5.32 Å². The molecule has 2 amide bonds. The lowest BCUT2D eigenvalue weighted by atomic mass is 9.86. The Bertz CT molecular complexity index is 899. The average Bonchev–Trinajstić information content (AvgIpc) is 3.17. The molecule has 0 saturated carbocycles. The Morgan fingerprint density at radius 3 is 2.47 bits per heavy atom. The molecular weight excluding hydrogens is 424 g/mol. The van der Waals surface area contributed by atoms with Crippen LogP contribution >= 0.6 is 11.3 Å². The summed E-state index contributed by atoms with van der Waals surface area (Å²) in [5, 5.41) is 3.37. The van der Waals surface area contributed by atoms with Crippen LogP contribution in [0, 0.1) is 6.92 Å². The van der Waals surface area contributed by atoms with E-state index < -0.39 is 0 Å². The molecule has 1 saturated heterocycles. The maximum atomic E-state index is 13.3. The first-order chi connectivity index (χ1) is 15.2. The fourth-order valence-corrected chi connectivity index (χ4v) is 4.28. The van der Waals surface area contributed by atoms with E-state index in [0.29, 0.717) is 17.2 Å². The number of hydrogen-bond acceptors (Lipinski definition) is 6. The van der Waals surface area contributed by atoms with Gasteiger partial charge in [-0.25, -0.2) is 4.98 Å². The van der Waals surface area contributed by atoms with Gasteiger partial charge in [-0.15, -0.1) is 11.3 Å². The number of carbonyl (C=O) groups excluding carboxylic acids is 2. The number of morpholine rings is 1. The highest BCUT2D eigenvalue weighted by Gasteiger charge is 2.21. The predicted octanol–water partition coefficient (Wildman–Crippen LogP) is 3.55. The van der Waals surface area contributed by atoms with E-state index in [1.807, 2.05) is 31.2 Å². The highest BCUT2D eigenvalue weighted by molar-refractivity contribution is 7.15. The second-order valence-electron chi connectivity index (χ2n) is 9.19. The van der Waals surface area contributed by atoms with Crippen LogP contribution in [0.2, 0.25) is 0 Å². The highest BCUT2D eigenvalue weighted by atomic mass is 32.1. The van der Waals surface area contributed by atoms with Crippen molar-refractivity contribution >= 4 is 28.3 Å². The SMILES string of the molecule is Cc1cnc(NC(=O)CN(CCCN2CCOCC2)C(=O)c2ccc(C(C)(C)C)cc2)s1. The number of ether oxygens (including phenoxy) is 1. The van der Waals surface area contributed by atoms with Crippen LogP contribution in [-0.2, 0) is 14.9 Å². The molecule has 1 aromatic heterocycles. The number of amides is 2. The second kappa shape index (κ2) is 11.0. The van der Waals surface area contributed by atoms with Crippen LogP contribution in [0.15, 0.2) is 30.5 Å². The van der Waals surface area contributed by atoms with E-state index in [0.717, 1.165) is 44.1 Å². The normalized spacial score (nSPS) is 14.9. The Hall–Kier alpha value is -2.29. The third-order valence-electron chi connectivity index (χ3n) is 5.49. The molecule has 1 aromatic carbocycles. The van der Waals surface area contributed by atoms with Crippen LogP contribution in [0.1, 0.15) is 48.0 Å². The zero-order chi connectivity index (χ0) is 23.1. The molecule has 0 spiro atoms. The van der Waals surface area contributed by atoms with Gasteiger partial charge in [-0.1, -0.05) is 32.9 Å². The summed E-state index contributed by atoms with van der Waals surface area (Å²) in [6.45, 7) is 13.1. The van der Waals surface area contributed by atoms with Crippen molar-refractivity contribution in [3.05, 3.63) is 46.5 Å². The Labute approximate surface area is 194 Å². The topological polar surface area (TPSA) is 74.8 Å². The van der Waals surface area contributed by atoms with Crippen molar-refractivity contribution in [1.82, 2.24) is 14.8 Å². The lowest BCUT2D eigenvalue weighted by Crippen LogP contribution is -2.41. The van der Waals surface area contributed by atoms with Crippen molar-refractivity contribution in [3.63, 3.8) is 0 Å². The van der Waals surface area contributed by atoms with Crippen LogP contribution in [0.3, 0.4) is 0 Å². The number of carbonyl (C=O) groups is 2. The van der Waals surface area contributed by atoms with Crippen LogP contribution in [0.25, 0.3) is 0 Å². The molecule has 2 aromatic rings. The smallest absolute Gasteiger partial charge is 0.254 e. The fraction of sp³-hybridized carbons (Fsp3) is 0.542. The first kappa shape index (κ1) is 24.4. The summed E-state index contributed by atoms with van der Waals surface area (Å²) in [5.74, 6) is -0.358. The van der Waals surface area contributed by atoms with Gasteiger partial charge in [-0.05, 0) is 36.5 Å². The number of aryl methyl sites for hydroxylation is 1. The van der Waals surface area contributed by atoms with Gasteiger partial charge in [0.2, 0.25) is 5.91 Å². The molecule has 1 fully saturated rings. The van der Waals surface area contributed by atoms with Crippen molar-refractivity contribution in [1.29, 1.82) is 0 Å². The summed E-state index contributed by atoms with van der Waals surface area (Å²) in [5.41, 5.74) is 1.79. The largest absolute Gasteiger partial charge is 0.379 e. The average molecular weight is 459 g/mol. The van der Waals surface area contributed by atoms with E-state index in [-0.39, 0.29) is 23.8 Å². The first-order valence-electron chi connectivity index (χ1n) is 11.1. The minimum Gasteiger partial charge on any atom is -0.379 e. The van der Waals surface area contributed by atoms with Gasteiger partial charge in [-0.2, -0.15) is 0 Å². The molecule has 1 aliphatic heterocycles. The van der Waals surface area contributed by atoms with Crippen molar-refractivity contribution in [3.8, 4) is 0 Å². The molecule has 0 aliphatic carbocycles. The quantitative estimate of drug-likeness (QED) is 0.655. The minimum atomic E-state index is -0.231. The molecule has 7 nitrogen and oxygen atoms in total. The molecule has 32 heavy (non-hydrogen) atoms. The molecule has 1 aliphatic rings. The van der Waals surface area contributed by atoms with Gasteiger partial charge in [-0.3, -0.25) is 14.5 Å². The summed E-state index contributed by atoms with van der Waals surface area (Å²) in [7, 11) is 0. The Morgan fingerprint density at radius 2 is 1.88 bits per heavy atom. The standard InChI is InChI=1S/C24H34N4O3S/c1-18-16-25-23(32-18)26-21(29)17-28(11-5-10-27-12-14-31-15-13-27)22(30)19-6-8-20(9-7-19)24(2,3)4/h6-9,16H,5,10-15,17H2,1-4H3,(H,25,26,29). The second-order valence-corrected chi connectivity index (χ2v) is 10.4. The van der Waals surface area contributed by atoms with E-state index in [9.17, 15) is 9.59 Å². The van der Waals surface area contributed by atoms with Gasteiger partial charge in [0.25, 0.3) is 5.91 Å². The number of nitrogens with one attached hydrogen (secondary N) is 1. The maximum Gasteiger partial charge on any atom is 0.254 e. The lowest BCUT2D eigenvalue weighted by molar-refractivity contribution is -0.116. The third-order valence-corrected chi connectivity index (χ3v) is 6.32. The fourth-order valence-electron chi connectivity index (χ4n) is 3.60. The van der Waals surface area contributed by atoms with Gasteiger partial charge in [0.15, 0.2) is 5.13 Å². The number of nitrogens with zero attached hydrogens (tertiary/aromatic N) is 3. The molecule has 174 valence electrons. The van der Waals surface area contributed by atoms with E-state index in [4.69, 9.17) is 4.74 Å². The predicted molar refractivity (Wildman–Crippen MR) is 128 cm³/mol. The van der Waals surface area contributed by atoms with Crippen molar-refractivity contribution in [2.45, 2.75) is 39.5 Å². The Balaban J connectivity index is 1.66. The van der Waals surface area contributed by atoms with E-state index in [2.05, 4.69) is 36.0 Å². The maximum absolute atomic E-state index is 13.3. The molecule has 0 radical (unpaired) electrons. The van der Waals surface area contributed by atoms with Crippen molar-refractivity contribution < 1.29 is 14.3 Å². The minimum absolute atomic E-state index is 0.00158. The molecule has 8 heteroatoms. The number of aromatic nitrogens is 1. The van der Waals surface area contributed by atoms with Crippen molar-refractivity contribution in [2.24, 2.45) is 0 Å². The van der Waals surface area contributed by atoms with Gasteiger partial charge in [0.1, 0.15) is 6.54 Å². The highest BCUT2D eigenvalue weighted by Crippen LogP contribution is 2.23. The number of hydrogen-bond donors (Lipinski definition) is 1. The molecule has 3 rings (SSSR count). The summed E-state index contributed by atoms with van der Waals surface area (Å²) in [6, 6.07) is 7.72. The molecule has 0 atom stereocenters. The molecule has 0 unspecified atom stereocenters.